The molecule has 1 aromatic rings. The number of methoxy groups -OCH3 is 1. The van der Waals surface area contributed by atoms with Crippen molar-refractivity contribution >= 4 is 15.9 Å². The van der Waals surface area contributed by atoms with Gasteiger partial charge in [0.25, 0.3) is 0 Å². The van der Waals surface area contributed by atoms with Crippen LogP contribution in [0.5, 0.6) is 5.75 Å². The molecule has 0 saturated carbocycles. The number of amides is 1. The molecule has 156 valence electrons. The lowest BCUT2D eigenvalue weighted by molar-refractivity contribution is -0.138. The summed E-state index contributed by atoms with van der Waals surface area (Å²) in [6, 6.07) is 4.98. The second-order valence-corrected chi connectivity index (χ2v) is 9.49. The van der Waals surface area contributed by atoms with E-state index in [0.717, 1.165) is 18.7 Å². The van der Waals surface area contributed by atoms with Gasteiger partial charge in [-0.1, -0.05) is 6.07 Å². The maximum atomic E-state index is 13.8. The summed E-state index contributed by atoms with van der Waals surface area (Å²) in [4.78, 5) is 16.9. The number of hydrogen-bond donors (Lipinski definition) is 0. The first kappa shape index (κ1) is 21.0. The van der Waals surface area contributed by atoms with Gasteiger partial charge in [0.15, 0.2) is 11.6 Å². The normalized spacial score (nSPS) is 20.3. The van der Waals surface area contributed by atoms with Crippen LogP contribution in [0.2, 0.25) is 0 Å². The number of hydrogen-bond acceptors (Lipinski definition) is 5. The van der Waals surface area contributed by atoms with Crippen molar-refractivity contribution in [2.45, 2.75) is 19.4 Å². The molecule has 9 heteroatoms. The van der Waals surface area contributed by atoms with E-state index >= 15 is 0 Å². The Morgan fingerprint density at radius 1 is 1.14 bits per heavy atom. The largest absolute Gasteiger partial charge is 0.494 e. The zero-order chi connectivity index (χ0) is 20.3. The number of carbonyl (C=O) groups excluding carboxylic acids is 1. The molecule has 2 heterocycles. The topological polar surface area (TPSA) is 70.2 Å². The van der Waals surface area contributed by atoms with Crippen LogP contribution < -0.4 is 4.74 Å². The quantitative estimate of drug-likeness (QED) is 0.724. The van der Waals surface area contributed by atoms with Crippen LogP contribution in [-0.4, -0.2) is 81.1 Å². The first-order valence-electron chi connectivity index (χ1n) is 9.56. The molecule has 0 N–H and O–H groups in total. The molecule has 7 nitrogen and oxygen atoms in total. The second-order valence-electron chi connectivity index (χ2n) is 7.51. The molecule has 0 aromatic heterocycles. The van der Waals surface area contributed by atoms with E-state index in [1.807, 2.05) is 11.0 Å². The fraction of sp³-hybridized carbons (Fsp3) is 0.632. The van der Waals surface area contributed by atoms with E-state index < -0.39 is 10.0 Å². The average Bonchev–Trinajstić information content (AvgIpc) is 2.68. The highest BCUT2D eigenvalue weighted by Gasteiger charge is 2.32. The van der Waals surface area contributed by atoms with Crippen LogP contribution in [-0.2, 0) is 21.4 Å². The van der Waals surface area contributed by atoms with Crippen molar-refractivity contribution in [2.24, 2.45) is 5.92 Å². The summed E-state index contributed by atoms with van der Waals surface area (Å²) in [7, 11) is -1.73. The van der Waals surface area contributed by atoms with Gasteiger partial charge in [-0.05, 0) is 30.5 Å². The van der Waals surface area contributed by atoms with Crippen molar-refractivity contribution in [3.63, 3.8) is 0 Å². The van der Waals surface area contributed by atoms with Crippen LogP contribution in [0.25, 0.3) is 0 Å². The number of carbonyl (C=O) groups is 1. The minimum atomic E-state index is -3.18. The predicted molar refractivity (Wildman–Crippen MR) is 104 cm³/mol. The Balaban J connectivity index is 1.47. The Hall–Kier alpha value is -1.71. The summed E-state index contributed by atoms with van der Waals surface area (Å²) < 4.78 is 43.4. The Morgan fingerprint density at radius 2 is 1.79 bits per heavy atom. The van der Waals surface area contributed by atoms with E-state index in [9.17, 15) is 17.6 Å². The molecule has 0 aliphatic carbocycles. The molecule has 3 rings (SSSR count). The molecule has 0 radical (unpaired) electrons. The highest BCUT2D eigenvalue weighted by atomic mass is 32.2. The fourth-order valence-corrected chi connectivity index (χ4v) is 4.76. The van der Waals surface area contributed by atoms with Gasteiger partial charge < -0.3 is 9.64 Å². The van der Waals surface area contributed by atoms with Crippen molar-refractivity contribution in [3.05, 3.63) is 29.6 Å². The summed E-state index contributed by atoms with van der Waals surface area (Å²) >= 11 is 0. The fourth-order valence-electron chi connectivity index (χ4n) is 3.89. The number of rotatable bonds is 5. The third-order valence-electron chi connectivity index (χ3n) is 5.58. The zero-order valence-electron chi connectivity index (χ0n) is 16.4. The molecule has 0 unspecified atom stereocenters. The Labute approximate surface area is 166 Å². The number of halogens is 1. The van der Waals surface area contributed by atoms with Crippen molar-refractivity contribution in [1.29, 1.82) is 0 Å². The van der Waals surface area contributed by atoms with Gasteiger partial charge in [0, 0.05) is 51.7 Å². The van der Waals surface area contributed by atoms with Gasteiger partial charge >= 0.3 is 0 Å². The van der Waals surface area contributed by atoms with E-state index in [1.165, 1.54) is 23.7 Å². The predicted octanol–water partition coefficient (Wildman–Crippen LogP) is 1.15. The molecule has 0 spiro atoms. The molecule has 2 aliphatic rings. The monoisotopic (exact) mass is 413 g/mol. The van der Waals surface area contributed by atoms with Crippen LogP contribution in [0.4, 0.5) is 4.39 Å². The number of piperidine rings is 1. The first-order valence-corrected chi connectivity index (χ1v) is 11.4. The maximum Gasteiger partial charge on any atom is 0.225 e. The van der Waals surface area contributed by atoms with Gasteiger partial charge in [-0.25, -0.2) is 17.1 Å². The van der Waals surface area contributed by atoms with E-state index in [-0.39, 0.29) is 23.4 Å². The number of benzene rings is 1. The number of ether oxygens (including phenoxy) is 1. The number of sulfonamides is 1. The van der Waals surface area contributed by atoms with E-state index in [0.29, 0.717) is 45.6 Å². The van der Waals surface area contributed by atoms with Crippen LogP contribution in [0.1, 0.15) is 18.4 Å². The smallest absolute Gasteiger partial charge is 0.225 e. The highest BCUT2D eigenvalue weighted by Crippen LogP contribution is 2.23. The summed E-state index contributed by atoms with van der Waals surface area (Å²) in [5, 5.41) is 0. The van der Waals surface area contributed by atoms with Gasteiger partial charge in [-0.3, -0.25) is 9.69 Å². The second kappa shape index (κ2) is 8.75. The molecule has 1 amide bonds. The Bertz CT molecular complexity index is 801. The summed E-state index contributed by atoms with van der Waals surface area (Å²) in [6.45, 7) is 4.23. The van der Waals surface area contributed by atoms with E-state index in [1.54, 1.807) is 6.07 Å². The SMILES string of the molecule is COc1ccc(CN2CCN(C(=O)C3CCN(S(C)(=O)=O)CC3)CC2)cc1F. The van der Waals surface area contributed by atoms with Gasteiger partial charge in [0.05, 0.1) is 13.4 Å². The summed E-state index contributed by atoms with van der Waals surface area (Å²) in [5.74, 6) is -0.0983. The van der Waals surface area contributed by atoms with Gasteiger partial charge in [-0.15, -0.1) is 0 Å². The van der Waals surface area contributed by atoms with E-state index in [2.05, 4.69) is 4.90 Å². The van der Waals surface area contributed by atoms with Gasteiger partial charge in [0.1, 0.15) is 0 Å². The average molecular weight is 414 g/mol. The molecule has 28 heavy (non-hydrogen) atoms. The molecule has 2 fully saturated rings. The van der Waals surface area contributed by atoms with Gasteiger partial charge in [-0.2, -0.15) is 0 Å². The minimum Gasteiger partial charge on any atom is -0.494 e. The molecular formula is C19H28FN3O4S. The first-order chi connectivity index (χ1) is 13.3. The van der Waals surface area contributed by atoms with Gasteiger partial charge in [0.2, 0.25) is 15.9 Å². The zero-order valence-corrected chi connectivity index (χ0v) is 17.3. The molecule has 0 bridgehead atoms. The van der Waals surface area contributed by atoms with Crippen molar-refractivity contribution in [2.75, 3.05) is 52.6 Å². The Kier molecular flexibility index (Phi) is 6.57. The third-order valence-corrected chi connectivity index (χ3v) is 6.88. The van der Waals surface area contributed by atoms with Crippen molar-refractivity contribution in [1.82, 2.24) is 14.1 Å². The standard InChI is InChI=1S/C19H28FN3O4S/c1-27-18-4-3-15(13-17(18)20)14-21-9-11-22(12-10-21)19(24)16-5-7-23(8-6-16)28(2,25)26/h3-4,13,16H,5-12,14H2,1-2H3. The molecular weight excluding hydrogens is 385 g/mol. The maximum absolute atomic E-state index is 13.8. The highest BCUT2D eigenvalue weighted by molar-refractivity contribution is 7.88. The van der Waals surface area contributed by atoms with Crippen LogP contribution in [0, 0.1) is 11.7 Å². The summed E-state index contributed by atoms with van der Waals surface area (Å²) in [5.41, 5.74) is 0.881. The van der Waals surface area contributed by atoms with Crippen molar-refractivity contribution < 1.29 is 22.3 Å². The molecule has 2 saturated heterocycles. The number of piperazine rings is 1. The Morgan fingerprint density at radius 3 is 2.32 bits per heavy atom. The number of nitrogens with zero attached hydrogens (tertiary/aromatic N) is 3. The van der Waals surface area contributed by atoms with Crippen LogP contribution in [0.3, 0.4) is 0 Å². The minimum absolute atomic E-state index is 0.0970. The third kappa shape index (κ3) is 5.01. The van der Waals surface area contributed by atoms with E-state index in [4.69, 9.17) is 4.74 Å². The molecule has 1 aromatic carbocycles. The lowest BCUT2D eigenvalue weighted by atomic mass is 9.96. The van der Waals surface area contributed by atoms with Crippen LogP contribution >= 0.6 is 0 Å². The lowest BCUT2D eigenvalue weighted by Crippen LogP contribution is -2.51. The lowest BCUT2D eigenvalue weighted by Gasteiger charge is -2.38. The molecule has 2 aliphatic heterocycles. The summed E-state index contributed by atoms with van der Waals surface area (Å²) in [6.07, 6.45) is 2.37. The van der Waals surface area contributed by atoms with Crippen LogP contribution in [0.15, 0.2) is 18.2 Å². The molecule has 0 atom stereocenters. The van der Waals surface area contributed by atoms with Crippen molar-refractivity contribution in [3.8, 4) is 5.75 Å².